The minimum absolute atomic E-state index is 0.0978. The number of benzene rings is 1. The molecule has 0 N–H and O–H groups in total. The molecule has 0 saturated heterocycles. The van der Waals surface area contributed by atoms with Crippen LogP contribution in [-0.2, 0) is 11.3 Å². The molecule has 0 aliphatic heterocycles. The number of halogens is 1. The number of ether oxygens (including phenoxy) is 1. The van der Waals surface area contributed by atoms with Crippen LogP contribution in [0.5, 0.6) is 0 Å². The average molecular weight is 267 g/mol. The molecule has 0 fully saturated rings. The molecule has 2 aromatic rings. The van der Waals surface area contributed by atoms with Gasteiger partial charge in [0.25, 0.3) is 0 Å². The maximum absolute atomic E-state index is 6.21. The van der Waals surface area contributed by atoms with Crippen LogP contribution in [-0.4, -0.2) is 22.8 Å². The first-order valence-electron chi connectivity index (χ1n) is 6.32. The van der Waals surface area contributed by atoms with Gasteiger partial charge in [-0.1, -0.05) is 6.07 Å². The Morgan fingerprint density at radius 3 is 2.89 bits per heavy atom. The number of fused-ring (bicyclic) bond motifs is 1. The van der Waals surface area contributed by atoms with Crippen LogP contribution >= 0.6 is 11.6 Å². The molecule has 0 spiro atoms. The topological polar surface area (TPSA) is 27.1 Å². The molecule has 0 aliphatic carbocycles. The predicted octanol–water partition coefficient (Wildman–Crippen LogP) is 3.68. The van der Waals surface area contributed by atoms with Crippen LogP contribution in [0.15, 0.2) is 18.2 Å². The highest BCUT2D eigenvalue weighted by Crippen LogP contribution is 2.25. The molecule has 1 unspecified atom stereocenters. The number of rotatable bonds is 5. The van der Waals surface area contributed by atoms with Crippen LogP contribution in [0, 0.1) is 6.92 Å². The monoisotopic (exact) mass is 266 g/mol. The van der Waals surface area contributed by atoms with Crippen molar-refractivity contribution >= 4 is 22.6 Å². The van der Waals surface area contributed by atoms with Gasteiger partial charge >= 0.3 is 0 Å². The van der Waals surface area contributed by atoms with E-state index in [2.05, 4.69) is 34.7 Å². The summed E-state index contributed by atoms with van der Waals surface area (Å²) < 4.78 is 7.58. The Labute approximate surface area is 113 Å². The van der Waals surface area contributed by atoms with Crippen LogP contribution in [0.4, 0.5) is 0 Å². The van der Waals surface area contributed by atoms with Gasteiger partial charge in [0.15, 0.2) is 0 Å². The normalized spacial score (nSPS) is 13.1. The van der Waals surface area contributed by atoms with Gasteiger partial charge in [0.1, 0.15) is 5.82 Å². The summed E-state index contributed by atoms with van der Waals surface area (Å²) in [6, 6.07) is 6.30. The SMILES string of the molecule is CCOCCn1c(C(C)Cl)nc2cc(C)ccc21. The molecular weight excluding hydrogens is 248 g/mol. The third kappa shape index (κ3) is 2.68. The molecule has 0 bridgehead atoms. The summed E-state index contributed by atoms with van der Waals surface area (Å²) in [4.78, 5) is 4.63. The van der Waals surface area contributed by atoms with Gasteiger partial charge in [-0.3, -0.25) is 0 Å². The van der Waals surface area contributed by atoms with Gasteiger partial charge in [-0.05, 0) is 38.5 Å². The van der Waals surface area contributed by atoms with Crippen LogP contribution in [0.25, 0.3) is 11.0 Å². The van der Waals surface area contributed by atoms with Crippen LogP contribution in [0.3, 0.4) is 0 Å². The molecule has 1 aromatic carbocycles. The molecule has 4 heteroatoms. The Morgan fingerprint density at radius 2 is 2.22 bits per heavy atom. The quantitative estimate of drug-likeness (QED) is 0.610. The van der Waals surface area contributed by atoms with E-state index < -0.39 is 0 Å². The number of hydrogen-bond acceptors (Lipinski definition) is 2. The Bertz CT molecular complexity index is 534. The molecule has 0 aliphatic rings. The average Bonchev–Trinajstić information content (AvgIpc) is 2.68. The largest absolute Gasteiger partial charge is 0.380 e. The molecule has 0 radical (unpaired) electrons. The predicted molar refractivity (Wildman–Crippen MR) is 75.2 cm³/mol. The van der Waals surface area contributed by atoms with Crippen LogP contribution in [0.1, 0.15) is 30.6 Å². The van der Waals surface area contributed by atoms with Crippen molar-refractivity contribution in [3.05, 3.63) is 29.6 Å². The number of hydrogen-bond donors (Lipinski definition) is 0. The van der Waals surface area contributed by atoms with E-state index in [-0.39, 0.29) is 5.38 Å². The minimum atomic E-state index is -0.0978. The molecule has 1 aromatic heterocycles. The zero-order valence-electron chi connectivity index (χ0n) is 11.1. The first-order chi connectivity index (χ1) is 8.63. The lowest BCUT2D eigenvalue weighted by molar-refractivity contribution is 0.139. The fraction of sp³-hybridized carbons (Fsp3) is 0.500. The standard InChI is InChI=1S/C14H19ClN2O/c1-4-18-8-7-17-13-6-5-10(2)9-12(13)16-14(17)11(3)15/h5-6,9,11H,4,7-8H2,1-3H3. The maximum atomic E-state index is 6.21. The number of aryl methyl sites for hydroxylation is 1. The van der Waals surface area contributed by atoms with Gasteiger partial charge in [-0.25, -0.2) is 4.98 Å². The van der Waals surface area contributed by atoms with Crippen molar-refractivity contribution in [2.24, 2.45) is 0 Å². The van der Waals surface area contributed by atoms with E-state index in [1.54, 1.807) is 0 Å². The second-order valence-electron chi connectivity index (χ2n) is 4.43. The first-order valence-corrected chi connectivity index (χ1v) is 6.75. The minimum Gasteiger partial charge on any atom is -0.380 e. The Hall–Kier alpha value is -1.06. The van der Waals surface area contributed by atoms with Crippen molar-refractivity contribution in [2.75, 3.05) is 13.2 Å². The number of alkyl halides is 1. The fourth-order valence-corrected chi connectivity index (χ4v) is 2.26. The molecular formula is C14H19ClN2O. The summed E-state index contributed by atoms with van der Waals surface area (Å²) in [6.45, 7) is 8.24. The lowest BCUT2D eigenvalue weighted by atomic mass is 10.2. The van der Waals surface area contributed by atoms with Gasteiger partial charge in [0.05, 0.1) is 23.0 Å². The summed E-state index contributed by atoms with van der Waals surface area (Å²) in [7, 11) is 0. The number of imidazole rings is 1. The number of nitrogens with zero attached hydrogens (tertiary/aromatic N) is 2. The smallest absolute Gasteiger partial charge is 0.127 e. The van der Waals surface area contributed by atoms with E-state index >= 15 is 0 Å². The lowest BCUT2D eigenvalue weighted by Gasteiger charge is -2.10. The van der Waals surface area contributed by atoms with Gasteiger partial charge in [0, 0.05) is 13.2 Å². The van der Waals surface area contributed by atoms with Crippen LogP contribution in [0.2, 0.25) is 0 Å². The molecule has 98 valence electrons. The fourth-order valence-electron chi connectivity index (χ4n) is 2.10. The van der Waals surface area contributed by atoms with Crippen LogP contribution < -0.4 is 0 Å². The van der Waals surface area contributed by atoms with Gasteiger partial charge in [-0.2, -0.15) is 0 Å². The summed E-state index contributed by atoms with van der Waals surface area (Å²) >= 11 is 6.21. The van der Waals surface area contributed by atoms with E-state index in [0.717, 1.165) is 30.0 Å². The van der Waals surface area contributed by atoms with E-state index in [1.807, 2.05) is 13.8 Å². The molecule has 3 nitrogen and oxygen atoms in total. The summed E-state index contributed by atoms with van der Waals surface area (Å²) in [6.07, 6.45) is 0. The Morgan fingerprint density at radius 1 is 1.44 bits per heavy atom. The molecule has 18 heavy (non-hydrogen) atoms. The highest BCUT2D eigenvalue weighted by Gasteiger charge is 2.14. The molecule has 0 amide bonds. The zero-order valence-corrected chi connectivity index (χ0v) is 11.9. The van der Waals surface area contributed by atoms with E-state index in [4.69, 9.17) is 16.3 Å². The molecule has 1 heterocycles. The van der Waals surface area contributed by atoms with Crippen molar-refractivity contribution in [1.29, 1.82) is 0 Å². The summed E-state index contributed by atoms with van der Waals surface area (Å²) in [5.41, 5.74) is 3.35. The second kappa shape index (κ2) is 5.72. The maximum Gasteiger partial charge on any atom is 0.127 e. The van der Waals surface area contributed by atoms with E-state index in [9.17, 15) is 0 Å². The van der Waals surface area contributed by atoms with E-state index in [1.165, 1.54) is 5.56 Å². The van der Waals surface area contributed by atoms with Crippen molar-refractivity contribution in [3.63, 3.8) is 0 Å². The first kappa shape index (κ1) is 13.4. The van der Waals surface area contributed by atoms with Gasteiger partial charge in [-0.15, -0.1) is 11.6 Å². The van der Waals surface area contributed by atoms with Gasteiger partial charge in [0.2, 0.25) is 0 Å². The third-order valence-corrected chi connectivity index (χ3v) is 3.15. The Kier molecular flexibility index (Phi) is 4.25. The third-order valence-electron chi connectivity index (χ3n) is 2.95. The highest BCUT2D eigenvalue weighted by atomic mass is 35.5. The summed E-state index contributed by atoms with van der Waals surface area (Å²) in [5.74, 6) is 0.914. The van der Waals surface area contributed by atoms with Crippen molar-refractivity contribution in [1.82, 2.24) is 9.55 Å². The zero-order chi connectivity index (χ0) is 13.1. The Balaban J connectivity index is 2.42. The molecule has 2 rings (SSSR count). The molecule has 1 atom stereocenters. The summed E-state index contributed by atoms with van der Waals surface area (Å²) in [5, 5.41) is -0.0978. The highest BCUT2D eigenvalue weighted by molar-refractivity contribution is 6.20. The molecule has 0 saturated carbocycles. The van der Waals surface area contributed by atoms with Crippen molar-refractivity contribution in [2.45, 2.75) is 32.7 Å². The second-order valence-corrected chi connectivity index (χ2v) is 5.08. The van der Waals surface area contributed by atoms with E-state index in [0.29, 0.717) is 6.61 Å². The lowest BCUT2D eigenvalue weighted by Crippen LogP contribution is -2.09. The number of aromatic nitrogens is 2. The van der Waals surface area contributed by atoms with Crippen molar-refractivity contribution in [3.8, 4) is 0 Å². The van der Waals surface area contributed by atoms with Gasteiger partial charge < -0.3 is 9.30 Å². The van der Waals surface area contributed by atoms with Crippen molar-refractivity contribution < 1.29 is 4.74 Å².